The highest BCUT2D eigenvalue weighted by atomic mass is 31.2. The molecule has 0 unspecified atom stereocenters. The zero-order chi connectivity index (χ0) is 14.6. The number of hydrogen-bond acceptors (Lipinski definition) is 4. The Balaban J connectivity index is 1.96. The van der Waals surface area contributed by atoms with Gasteiger partial charge in [0.1, 0.15) is 0 Å². The van der Waals surface area contributed by atoms with Gasteiger partial charge < -0.3 is 14.4 Å². The van der Waals surface area contributed by atoms with Gasteiger partial charge in [0.15, 0.2) is 0 Å². The molecule has 5 nitrogen and oxygen atoms in total. The molecule has 1 aliphatic carbocycles. The van der Waals surface area contributed by atoms with Crippen LogP contribution in [0.3, 0.4) is 0 Å². The Kier molecular flexibility index (Phi) is 4.97. The van der Waals surface area contributed by atoms with E-state index in [4.69, 9.17) is 9.05 Å². The van der Waals surface area contributed by atoms with Gasteiger partial charge in [-0.25, -0.2) is 0 Å². The summed E-state index contributed by atoms with van der Waals surface area (Å²) in [5.41, 5.74) is 0.428. The van der Waals surface area contributed by atoms with Crippen molar-refractivity contribution in [2.75, 3.05) is 18.5 Å². The quantitative estimate of drug-likeness (QED) is 0.784. The molecule has 0 saturated heterocycles. The number of carbonyl (C=O) groups excluding carboxylic acids is 1. The first-order valence-corrected chi connectivity index (χ1v) is 8.46. The van der Waals surface area contributed by atoms with Crippen molar-refractivity contribution in [1.82, 2.24) is 0 Å². The predicted molar refractivity (Wildman–Crippen MR) is 77.8 cm³/mol. The van der Waals surface area contributed by atoms with Gasteiger partial charge >= 0.3 is 7.60 Å². The van der Waals surface area contributed by atoms with E-state index in [1.165, 1.54) is 0 Å². The zero-order valence-corrected chi connectivity index (χ0v) is 12.6. The Morgan fingerprint density at radius 2 is 1.85 bits per heavy atom. The van der Waals surface area contributed by atoms with Crippen LogP contribution in [0.1, 0.15) is 20.3 Å². The third-order valence-corrected chi connectivity index (χ3v) is 5.78. The fraction of sp³-hybridized carbons (Fsp3) is 0.500. The van der Waals surface area contributed by atoms with E-state index >= 15 is 0 Å². The van der Waals surface area contributed by atoms with Crippen LogP contribution < -0.4 is 5.32 Å². The van der Waals surface area contributed by atoms with Crippen LogP contribution in [-0.4, -0.2) is 24.8 Å². The molecular weight excluding hydrogens is 277 g/mol. The highest BCUT2D eigenvalue weighted by Crippen LogP contribution is 2.65. The summed E-state index contributed by atoms with van der Waals surface area (Å²) in [6.45, 7) is 4.18. The van der Waals surface area contributed by atoms with Crippen molar-refractivity contribution < 1.29 is 18.4 Å². The number of nitrogens with one attached hydrogen (secondary N) is 1. The van der Waals surface area contributed by atoms with E-state index in [0.29, 0.717) is 19.6 Å². The number of para-hydroxylation sites is 1. The fourth-order valence-corrected chi connectivity index (χ4v) is 4.40. The van der Waals surface area contributed by atoms with Gasteiger partial charge in [-0.15, -0.1) is 0 Å². The van der Waals surface area contributed by atoms with Crippen LogP contribution >= 0.6 is 7.60 Å². The average Bonchev–Trinajstić information content (AvgIpc) is 3.21. The number of carbonyl (C=O) groups is 1. The second kappa shape index (κ2) is 6.53. The number of rotatable bonds is 7. The van der Waals surface area contributed by atoms with Crippen LogP contribution in [-0.2, 0) is 18.4 Å². The van der Waals surface area contributed by atoms with E-state index in [9.17, 15) is 9.36 Å². The molecule has 0 aliphatic heterocycles. The topological polar surface area (TPSA) is 64.6 Å². The molecule has 1 saturated carbocycles. The molecule has 0 spiro atoms. The van der Waals surface area contributed by atoms with E-state index in [0.717, 1.165) is 5.69 Å². The Bertz CT molecular complexity index is 495. The van der Waals surface area contributed by atoms with Crippen molar-refractivity contribution in [3.8, 4) is 0 Å². The first kappa shape index (κ1) is 15.2. The Morgan fingerprint density at radius 1 is 1.25 bits per heavy atom. The summed E-state index contributed by atoms with van der Waals surface area (Å²) in [7, 11) is -3.16. The Morgan fingerprint density at radius 3 is 2.40 bits per heavy atom. The highest BCUT2D eigenvalue weighted by Gasteiger charge is 2.56. The van der Waals surface area contributed by atoms with Gasteiger partial charge in [-0.2, -0.15) is 0 Å². The summed E-state index contributed by atoms with van der Waals surface area (Å²) >= 11 is 0. The SMILES string of the molecule is CCOP(=O)(OCC)[C@H]1C[C@@H]1C(=O)Nc1ccccc1. The maximum absolute atomic E-state index is 12.5. The molecule has 1 N–H and O–H groups in total. The lowest BCUT2D eigenvalue weighted by Gasteiger charge is -2.16. The minimum Gasteiger partial charge on any atom is -0.326 e. The molecule has 110 valence electrons. The van der Waals surface area contributed by atoms with Gasteiger partial charge in [-0.05, 0) is 32.4 Å². The van der Waals surface area contributed by atoms with E-state index in [-0.39, 0.29) is 17.5 Å². The summed E-state index contributed by atoms with van der Waals surface area (Å²) in [6.07, 6.45) is 0.552. The zero-order valence-electron chi connectivity index (χ0n) is 11.7. The molecule has 1 aromatic carbocycles. The maximum Gasteiger partial charge on any atom is 0.334 e. The Hall–Kier alpha value is -1.16. The minimum absolute atomic E-state index is 0.124. The molecule has 0 bridgehead atoms. The Labute approximate surface area is 119 Å². The summed E-state index contributed by atoms with van der Waals surface area (Å²) < 4.78 is 23.1. The third-order valence-electron chi connectivity index (χ3n) is 3.16. The number of hydrogen-bond donors (Lipinski definition) is 1. The molecule has 0 radical (unpaired) electrons. The monoisotopic (exact) mass is 297 g/mol. The number of amides is 1. The molecule has 6 heteroatoms. The van der Waals surface area contributed by atoms with Crippen LogP contribution in [0.4, 0.5) is 5.69 Å². The van der Waals surface area contributed by atoms with Crippen molar-refractivity contribution in [3.63, 3.8) is 0 Å². The lowest BCUT2D eigenvalue weighted by molar-refractivity contribution is -0.117. The van der Waals surface area contributed by atoms with E-state index in [1.54, 1.807) is 13.8 Å². The summed E-state index contributed by atoms with van der Waals surface area (Å²) in [5.74, 6) is -0.417. The van der Waals surface area contributed by atoms with Crippen LogP contribution in [0, 0.1) is 5.92 Å². The van der Waals surface area contributed by atoms with Crippen molar-refractivity contribution in [1.29, 1.82) is 0 Å². The lowest BCUT2D eigenvalue weighted by Crippen LogP contribution is -2.16. The van der Waals surface area contributed by atoms with Gasteiger partial charge in [0, 0.05) is 5.69 Å². The lowest BCUT2D eigenvalue weighted by atomic mass is 10.3. The van der Waals surface area contributed by atoms with Crippen molar-refractivity contribution in [3.05, 3.63) is 30.3 Å². The average molecular weight is 297 g/mol. The van der Waals surface area contributed by atoms with Crippen LogP contribution in [0.25, 0.3) is 0 Å². The van der Waals surface area contributed by atoms with Crippen LogP contribution in [0.5, 0.6) is 0 Å². The fourth-order valence-electron chi connectivity index (χ4n) is 2.16. The molecule has 20 heavy (non-hydrogen) atoms. The summed E-state index contributed by atoms with van der Waals surface area (Å²) in [4.78, 5) is 12.1. The normalized spacial score (nSPS) is 21.5. The van der Waals surface area contributed by atoms with E-state index in [2.05, 4.69) is 5.32 Å². The maximum atomic E-state index is 12.5. The molecule has 2 atom stereocenters. The van der Waals surface area contributed by atoms with Gasteiger partial charge in [-0.1, -0.05) is 18.2 Å². The van der Waals surface area contributed by atoms with Crippen molar-refractivity contribution >= 4 is 19.2 Å². The molecule has 0 heterocycles. The standard InChI is InChI=1S/C14H20NO4P/c1-3-18-20(17,19-4-2)13-10-12(13)14(16)15-11-8-6-5-7-9-11/h5-9,12-13H,3-4,10H2,1-2H3,(H,15,16)/t12-,13-/m0/s1. The first-order chi connectivity index (χ1) is 9.60. The smallest absolute Gasteiger partial charge is 0.326 e. The molecule has 1 aliphatic rings. The number of anilines is 1. The van der Waals surface area contributed by atoms with Gasteiger partial charge in [0.05, 0.1) is 24.8 Å². The highest BCUT2D eigenvalue weighted by molar-refractivity contribution is 7.55. The molecular formula is C14H20NO4P. The van der Waals surface area contributed by atoms with E-state index < -0.39 is 7.60 Å². The van der Waals surface area contributed by atoms with Gasteiger partial charge in [0.25, 0.3) is 0 Å². The summed E-state index contributed by atoms with van der Waals surface area (Å²) in [6, 6.07) is 9.23. The molecule has 0 aromatic heterocycles. The second-order valence-corrected chi connectivity index (χ2v) is 6.90. The number of benzene rings is 1. The molecule has 1 aromatic rings. The van der Waals surface area contributed by atoms with Gasteiger partial charge in [0.2, 0.25) is 5.91 Å². The second-order valence-electron chi connectivity index (χ2n) is 4.64. The first-order valence-electron chi connectivity index (χ1n) is 6.85. The minimum atomic E-state index is -3.16. The van der Waals surface area contributed by atoms with Crippen molar-refractivity contribution in [2.45, 2.75) is 25.9 Å². The predicted octanol–water partition coefficient (Wildman–Crippen LogP) is 3.28. The third kappa shape index (κ3) is 3.48. The largest absolute Gasteiger partial charge is 0.334 e. The van der Waals surface area contributed by atoms with Crippen molar-refractivity contribution in [2.24, 2.45) is 5.92 Å². The van der Waals surface area contributed by atoms with Crippen LogP contribution in [0.2, 0.25) is 0 Å². The molecule has 1 amide bonds. The molecule has 2 rings (SSSR count). The van der Waals surface area contributed by atoms with Gasteiger partial charge in [-0.3, -0.25) is 9.36 Å². The van der Waals surface area contributed by atoms with E-state index in [1.807, 2.05) is 30.3 Å². The molecule has 1 fully saturated rings. The van der Waals surface area contributed by atoms with Crippen LogP contribution in [0.15, 0.2) is 30.3 Å². The summed E-state index contributed by atoms with van der Waals surface area (Å²) in [5, 5.41) is 2.82.